The van der Waals surface area contributed by atoms with Crippen LogP contribution in [0.5, 0.6) is 0 Å². The smallest absolute Gasteiger partial charge is 0.0664 e. The Kier molecular flexibility index (Phi) is 7.40. The SMILES string of the molecule is CCCCCc1ccnnn1.c1ccccc1. The summed E-state index contributed by atoms with van der Waals surface area (Å²) in [7, 11) is 0. The van der Waals surface area contributed by atoms with Gasteiger partial charge in [-0.3, -0.25) is 0 Å². The molecular formula is C14H19N3. The lowest BCUT2D eigenvalue weighted by molar-refractivity contribution is 0.688. The summed E-state index contributed by atoms with van der Waals surface area (Å²) >= 11 is 0. The number of nitrogens with zero attached hydrogens (tertiary/aromatic N) is 3. The summed E-state index contributed by atoms with van der Waals surface area (Å²) in [4.78, 5) is 0. The van der Waals surface area contributed by atoms with Gasteiger partial charge in [0.25, 0.3) is 0 Å². The number of rotatable bonds is 4. The Bertz CT molecular complexity index is 335. The number of benzene rings is 1. The normalized spacial score (nSPS) is 9.24. The van der Waals surface area contributed by atoms with Crippen LogP contribution in [0.2, 0.25) is 0 Å². The first-order valence-electron chi connectivity index (χ1n) is 6.06. The fourth-order valence-corrected chi connectivity index (χ4v) is 1.34. The number of unbranched alkanes of at least 4 members (excludes halogenated alkanes) is 2. The van der Waals surface area contributed by atoms with Crippen LogP contribution < -0.4 is 0 Å². The average Bonchev–Trinajstić information content (AvgIpc) is 2.43. The molecule has 1 heterocycles. The summed E-state index contributed by atoms with van der Waals surface area (Å²) in [5.41, 5.74) is 1.05. The van der Waals surface area contributed by atoms with Crippen LogP contribution in [-0.2, 0) is 6.42 Å². The Hall–Kier alpha value is -1.77. The first-order chi connectivity index (χ1) is 8.43. The standard InChI is InChI=1S/C8H13N3.C6H6/c1-2-3-4-5-8-6-7-9-11-10-8;1-2-4-6-5-3-1/h6-7H,2-5H2,1H3;1-6H. The van der Waals surface area contributed by atoms with Crippen molar-refractivity contribution in [1.29, 1.82) is 0 Å². The molecule has 0 atom stereocenters. The zero-order chi connectivity index (χ0) is 12.2. The predicted octanol–water partition coefficient (Wildman–Crippen LogP) is 3.29. The van der Waals surface area contributed by atoms with Crippen LogP contribution in [0.3, 0.4) is 0 Å². The van der Waals surface area contributed by atoms with Crippen LogP contribution in [0, 0.1) is 0 Å². The van der Waals surface area contributed by atoms with E-state index in [1.165, 1.54) is 19.3 Å². The highest BCUT2D eigenvalue weighted by Gasteiger charge is 1.92. The highest BCUT2D eigenvalue weighted by atomic mass is 15.3. The van der Waals surface area contributed by atoms with Crippen molar-refractivity contribution in [3.05, 3.63) is 54.4 Å². The van der Waals surface area contributed by atoms with Gasteiger partial charge in [-0.15, -0.1) is 10.2 Å². The molecule has 90 valence electrons. The molecule has 0 spiro atoms. The van der Waals surface area contributed by atoms with Crippen LogP contribution in [0.25, 0.3) is 0 Å². The lowest BCUT2D eigenvalue weighted by atomic mass is 10.1. The van der Waals surface area contributed by atoms with E-state index in [-0.39, 0.29) is 0 Å². The van der Waals surface area contributed by atoms with E-state index in [0.29, 0.717) is 0 Å². The van der Waals surface area contributed by atoms with E-state index in [2.05, 4.69) is 22.3 Å². The number of aromatic nitrogens is 3. The quantitative estimate of drug-likeness (QED) is 0.755. The molecule has 0 saturated heterocycles. The van der Waals surface area contributed by atoms with E-state index in [9.17, 15) is 0 Å². The van der Waals surface area contributed by atoms with Gasteiger partial charge in [0.2, 0.25) is 0 Å². The monoisotopic (exact) mass is 229 g/mol. The maximum Gasteiger partial charge on any atom is 0.0664 e. The molecule has 3 heteroatoms. The Labute approximate surface area is 103 Å². The molecule has 0 aliphatic carbocycles. The Morgan fingerprint density at radius 3 is 2.06 bits per heavy atom. The van der Waals surface area contributed by atoms with Gasteiger partial charge in [0.15, 0.2) is 0 Å². The second-order valence-electron chi connectivity index (χ2n) is 3.72. The maximum absolute atomic E-state index is 3.89. The van der Waals surface area contributed by atoms with Gasteiger partial charge < -0.3 is 0 Å². The third kappa shape index (κ3) is 7.17. The Morgan fingerprint density at radius 2 is 1.59 bits per heavy atom. The lowest BCUT2D eigenvalue weighted by Gasteiger charge is -1.95. The van der Waals surface area contributed by atoms with E-state index in [0.717, 1.165) is 12.1 Å². The summed E-state index contributed by atoms with van der Waals surface area (Å²) in [6.07, 6.45) is 6.44. The molecule has 0 saturated carbocycles. The highest BCUT2D eigenvalue weighted by molar-refractivity contribution is 4.99. The molecule has 0 bridgehead atoms. The van der Waals surface area contributed by atoms with Crippen molar-refractivity contribution in [1.82, 2.24) is 15.4 Å². The molecule has 17 heavy (non-hydrogen) atoms. The van der Waals surface area contributed by atoms with Crippen LogP contribution >= 0.6 is 0 Å². The lowest BCUT2D eigenvalue weighted by Crippen LogP contribution is -1.93. The van der Waals surface area contributed by atoms with Gasteiger partial charge in [0, 0.05) is 0 Å². The maximum atomic E-state index is 3.89. The second kappa shape index (κ2) is 9.46. The van der Waals surface area contributed by atoms with Crippen LogP contribution in [0.4, 0.5) is 0 Å². The summed E-state index contributed by atoms with van der Waals surface area (Å²) in [5.74, 6) is 0. The van der Waals surface area contributed by atoms with Crippen molar-refractivity contribution in [2.24, 2.45) is 0 Å². The topological polar surface area (TPSA) is 38.7 Å². The van der Waals surface area contributed by atoms with Crippen LogP contribution in [0.15, 0.2) is 48.7 Å². The van der Waals surface area contributed by atoms with Gasteiger partial charge in [-0.1, -0.05) is 56.2 Å². The molecule has 0 unspecified atom stereocenters. The van der Waals surface area contributed by atoms with Gasteiger partial charge in [-0.05, 0) is 24.1 Å². The number of hydrogen-bond acceptors (Lipinski definition) is 3. The predicted molar refractivity (Wildman–Crippen MR) is 69.5 cm³/mol. The molecular weight excluding hydrogens is 210 g/mol. The fourth-order valence-electron chi connectivity index (χ4n) is 1.34. The minimum absolute atomic E-state index is 1.03. The Balaban J connectivity index is 0.000000202. The third-order valence-corrected chi connectivity index (χ3v) is 2.26. The van der Waals surface area contributed by atoms with Gasteiger partial charge in [-0.25, -0.2) is 0 Å². The zero-order valence-corrected chi connectivity index (χ0v) is 10.3. The summed E-state index contributed by atoms with van der Waals surface area (Å²) in [6.45, 7) is 2.19. The molecule has 1 aromatic heterocycles. The van der Waals surface area contributed by atoms with Gasteiger partial charge in [-0.2, -0.15) is 0 Å². The van der Waals surface area contributed by atoms with Crippen molar-refractivity contribution in [2.45, 2.75) is 32.6 Å². The molecule has 2 aromatic rings. The zero-order valence-electron chi connectivity index (χ0n) is 10.3. The largest absolute Gasteiger partial charge is 0.139 e. The van der Waals surface area contributed by atoms with E-state index < -0.39 is 0 Å². The third-order valence-electron chi connectivity index (χ3n) is 2.26. The molecule has 0 N–H and O–H groups in total. The molecule has 1 aromatic carbocycles. The van der Waals surface area contributed by atoms with Crippen molar-refractivity contribution in [3.8, 4) is 0 Å². The second-order valence-corrected chi connectivity index (χ2v) is 3.72. The minimum atomic E-state index is 1.03. The molecule has 0 aliphatic heterocycles. The molecule has 0 aliphatic rings. The van der Waals surface area contributed by atoms with E-state index in [4.69, 9.17) is 0 Å². The minimum Gasteiger partial charge on any atom is -0.139 e. The highest BCUT2D eigenvalue weighted by Crippen LogP contribution is 2.00. The summed E-state index contributed by atoms with van der Waals surface area (Å²) in [5, 5.41) is 11.1. The molecule has 3 nitrogen and oxygen atoms in total. The first-order valence-corrected chi connectivity index (χ1v) is 6.06. The fraction of sp³-hybridized carbons (Fsp3) is 0.357. The van der Waals surface area contributed by atoms with Crippen molar-refractivity contribution in [2.75, 3.05) is 0 Å². The van der Waals surface area contributed by atoms with Gasteiger partial charge >= 0.3 is 0 Å². The summed E-state index contributed by atoms with van der Waals surface area (Å²) in [6, 6.07) is 13.9. The van der Waals surface area contributed by atoms with E-state index in [1.54, 1.807) is 6.20 Å². The van der Waals surface area contributed by atoms with Crippen molar-refractivity contribution < 1.29 is 0 Å². The molecule has 0 fully saturated rings. The average molecular weight is 229 g/mol. The van der Waals surface area contributed by atoms with Crippen molar-refractivity contribution in [3.63, 3.8) is 0 Å². The molecule has 2 rings (SSSR count). The van der Waals surface area contributed by atoms with Gasteiger partial charge in [0.05, 0.1) is 11.9 Å². The van der Waals surface area contributed by atoms with E-state index >= 15 is 0 Å². The van der Waals surface area contributed by atoms with Crippen LogP contribution in [0.1, 0.15) is 31.9 Å². The van der Waals surface area contributed by atoms with E-state index in [1.807, 2.05) is 42.5 Å². The van der Waals surface area contributed by atoms with Gasteiger partial charge in [0.1, 0.15) is 0 Å². The summed E-state index contributed by atoms with van der Waals surface area (Å²) < 4.78 is 0. The Morgan fingerprint density at radius 1 is 0.941 bits per heavy atom. The number of hydrogen-bond donors (Lipinski definition) is 0. The van der Waals surface area contributed by atoms with Crippen molar-refractivity contribution >= 4 is 0 Å². The molecule has 0 radical (unpaired) electrons. The molecule has 0 amide bonds. The van der Waals surface area contributed by atoms with Crippen LogP contribution in [-0.4, -0.2) is 15.4 Å². The first kappa shape index (κ1) is 13.3. The number of aryl methyl sites for hydroxylation is 1.